The van der Waals surface area contributed by atoms with Gasteiger partial charge in [-0.25, -0.2) is 0 Å². The molecule has 12 heavy (non-hydrogen) atoms. The Morgan fingerprint density at radius 3 is 1.25 bits per heavy atom. The molecule has 1 heterocycles. The van der Waals surface area contributed by atoms with Crippen molar-refractivity contribution < 1.29 is 14.2 Å². The quantitative estimate of drug-likeness (QED) is 0.528. The van der Waals surface area contributed by atoms with E-state index >= 15 is 0 Å². The van der Waals surface area contributed by atoms with Crippen molar-refractivity contribution in [3.8, 4) is 0 Å². The minimum atomic E-state index is 0.468. The van der Waals surface area contributed by atoms with Crippen LogP contribution in [0.25, 0.3) is 0 Å². The van der Waals surface area contributed by atoms with Gasteiger partial charge in [-0.1, -0.05) is 13.8 Å². The van der Waals surface area contributed by atoms with Gasteiger partial charge < -0.3 is 4.74 Å². The van der Waals surface area contributed by atoms with Gasteiger partial charge in [-0.05, 0) is 25.7 Å². The summed E-state index contributed by atoms with van der Waals surface area (Å²) >= 11 is 4.74. The molecule has 73 valence electrons. The van der Waals surface area contributed by atoms with Crippen molar-refractivity contribution in [2.45, 2.75) is 39.9 Å². The molecule has 4 heteroatoms. The molecule has 0 aliphatic carbocycles. The summed E-state index contributed by atoms with van der Waals surface area (Å²) in [7, 11) is 0.628. The minimum absolute atomic E-state index is 0.468. The van der Waals surface area contributed by atoms with Gasteiger partial charge >= 0.3 is 49.4 Å². The van der Waals surface area contributed by atoms with E-state index in [2.05, 4.69) is 67.7 Å². The third-order valence-electron chi connectivity index (χ3n) is 2.74. The molecule has 0 saturated carbocycles. The predicted molar refractivity (Wildman–Crippen MR) is 66.4 cm³/mol. The Hall–Kier alpha value is 2.00. The Balaban J connectivity index is 0.000000354. The van der Waals surface area contributed by atoms with E-state index in [0.29, 0.717) is 21.7 Å². The van der Waals surface area contributed by atoms with Crippen molar-refractivity contribution >= 4 is 40.0 Å². The van der Waals surface area contributed by atoms with E-state index in [1.807, 2.05) is 0 Å². The fraction of sp³-hybridized carbons (Fsp3) is 1.00. The van der Waals surface area contributed by atoms with E-state index in [9.17, 15) is 0 Å². The summed E-state index contributed by atoms with van der Waals surface area (Å²) < 4.78 is 5.59. The van der Waals surface area contributed by atoms with Gasteiger partial charge in [-0.3, -0.25) is 0 Å². The zero-order chi connectivity index (χ0) is 9.72. The van der Waals surface area contributed by atoms with Crippen LogP contribution in [0.2, 0.25) is 0 Å². The molecule has 1 nitrogen and oxygen atoms in total. The molecule has 0 aromatic heterocycles. The second-order valence-electron chi connectivity index (χ2n) is 3.33. The van der Waals surface area contributed by atoms with Crippen molar-refractivity contribution in [3.05, 3.63) is 0 Å². The van der Waals surface area contributed by atoms with Crippen LogP contribution in [0, 0.1) is 11.8 Å². The Morgan fingerprint density at radius 1 is 0.917 bits per heavy atom. The number of rotatable bonds is 0. The molecular weight excluding hydrogens is 417 g/mol. The van der Waals surface area contributed by atoms with Gasteiger partial charge in [0, 0.05) is 0 Å². The topological polar surface area (TPSA) is 9.23 Å². The molecule has 0 N–H and O–H groups in total. The maximum absolute atomic E-state index is 5.59. The average Bonchev–Trinajstić information content (AvgIpc) is 2.20. The molecule has 4 unspecified atom stereocenters. The van der Waals surface area contributed by atoms with Crippen LogP contribution in [0.15, 0.2) is 0 Å². The predicted octanol–water partition coefficient (Wildman–Crippen LogP) is 3.83. The summed E-state index contributed by atoms with van der Waals surface area (Å²) in [5, 5.41) is 0. The Morgan fingerprint density at radius 2 is 1.17 bits per heavy atom. The fourth-order valence-electron chi connectivity index (χ4n) is 1.44. The molecular formula is C8H16I2OV. The van der Waals surface area contributed by atoms with Gasteiger partial charge in [-0.2, -0.15) is 0 Å². The number of hydrogen-bond acceptors (Lipinski definition) is 1. The Bertz CT molecular complexity index is 112. The number of halogens is 2. The van der Waals surface area contributed by atoms with E-state index in [1.54, 1.807) is 0 Å². The summed E-state index contributed by atoms with van der Waals surface area (Å²) in [4.78, 5) is 0. The van der Waals surface area contributed by atoms with Crippen LogP contribution in [-0.4, -0.2) is 12.2 Å². The summed E-state index contributed by atoms with van der Waals surface area (Å²) in [6.07, 6.45) is 0.935. The molecule has 0 bridgehead atoms. The SMILES string of the molecule is CC1OC(C)C(C)C1C.[I][V][I]. The standard InChI is InChI=1S/C8H16O.2HI.V/c1-5-6(2)8(4)9-7(5)3;;;/h5-8H,1-4H3;2*1H;/q;;;+2/p-2. The molecule has 0 aromatic carbocycles. The first-order valence-electron chi connectivity index (χ1n) is 4.12. The fourth-order valence-corrected chi connectivity index (χ4v) is 1.44. The molecule has 1 fully saturated rings. The first-order chi connectivity index (χ1) is 5.54. The molecule has 0 amide bonds. The van der Waals surface area contributed by atoms with Gasteiger partial charge in [0.2, 0.25) is 0 Å². The van der Waals surface area contributed by atoms with Crippen LogP contribution in [-0.2, 0) is 14.2 Å². The van der Waals surface area contributed by atoms with E-state index in [1.165, 1.54) is 0 Å². The molecule has 0 aromatic rings. The van der Waals surface area contributed by atoms with Crippen LogP contribution >= 0.6 is 40.0 Å². The molecule has 1 saturated heterocycles. The van der Waals surface area contributed by atoms with Crippen molar-refractivity contribution in [1.82, 2.24) is 0 Å². The molecule has 1 aliphatic heterocycles. The molecule has 0 spiro atoms. The zero-order valence-electron chi connectivity index (χ0n) is 7.92. The van der Waals surface area contributed by atoms with Gasteiger partial charge in [0.25, 0.3) is 0 Å². The molecule has 1 aliphatic rings. The van der Waals surface area contributed by atoms with Gasteiger partial charge in [-0.15, -0.1) is 0 Å². The third kappa shape index (κ3) is 4.48. The van der Waals surface area contributed by atoms with Crippen molar-refractivity contribution in [2.24, 2.45) is 11.8 Å². The second-order valence-corrected chi connectivity index (χ2v) is 15.1. The average molecular weight is 433 g/mol. The third-order valence-corrected chi connectivity index (χ3v) is 2.74. The first-order valence-corrected chi connectivity index (χ1v) is 13.1. The van der Waals surface area contributed by atoms with Crippen molar-refractivity contribution in [1.29, 1.82) is 0 Å². The normalized spacial score (nSPS) is 40.2. The summed E-state index contributed by atoms with van der Waals surface area (Å²) in [6.45, 7) is 8.84. The van der Waals surface area contributed by atoms with E-state index in [-0.39, 0.29) is 0 Å². The van der Waals surface area contributed by atoms with Crippen LogP contribution in [0.3, 0.4) is 0 Å². The number of ether oxygens (including phenoxy) is 1. The Labute approximate surface area is 105 Å². The van der Waals surface area contributed by atoms with Gasteiger partial charge in [0.1, 0.15) is 0 Å². The molecule has 4 atom stereocenters. The van der Waals surface area contributed by atoms with Crippen molar-refractivity contribution in [3.63, 3.8) is 0 Å². The summed E-state index contributed by atoms with van der Waals surface area (Å²) in [6, 6.07) is 0. The molecule has 0 radical (unpaired) electrons. The van der Waals surface area contributed by atoms with Crippen molar-refractivity contribution in [2.75, 3.05) is 0 Å². The van der Waals surface area contributed by atoms with Gasteiger partial charge in [0.15, 0.2) is 0 Å². The maximum atomic E-state index is 5.59. The van der Waals surface area contributed by atoms with E-state index < -0.39 is 0 Å². The van der Waals surface area contributed by atoms with Crippen LogP contribution in [0.5, 0.6) is 0 Å². The Kier molecular flexibility index (Phi) is 8.54. The monoisotopic (exact) mass is 433 g/mol. The second kappa shape index (κ2) is 7.32. The number of hydrogen-bond donors (Lipinski definition) is 0. The van der Waals surface area contributed by atoms with Crippen LogP contribution in [0.4, 0.5) is 0 Å². The van der Waals surface area contributed by atoms with Gasteiger partial charge in [0.05, 0.1) is 12.2 Å². The summed E-state index contributed by atoms with van der Waals surface area (Å²) in [5.74, 6) is 1.47. The van der Waals surface area contributed by atoms with Crippen LogP contribution in [0.1, 0.15) is 27.7 Å². The zero-order valence-corrected chi connectivity index (χ0v) is 13.6. The first kappa shape index (κ1) is 14.0. The molecule has 1 rings (SSSR count). The summed E-state index contributed by atoms with van der Waals surface area (Å²) in [5.41, 5.74) is 0. The van der Waals surface area contributed by atoms with Crippen LogP contribution < -0.4 is 0 Å². The van der Waals surface area contributed by atoms with E-state index in [4.69, 9.17) is 4.74 Å². The van der Waals surface area contributed by atoms with E-state index in [0.717, 1.165) is 11.8 Å².